The van der Waals surface area contributed by atoms with Crippen molar-refractivity contribution < 1.29 is 19.1 Å². The monoisotopic (exact) mass is 464 g/mol. The fourth-order valence-electron chi connectivity index (χ4n) is 3.87. The van der Waals surface area contributed by atoms with E-state index in [2.05, 4.69) is 9.36 Å². The molecule has 2 aromatic carbocycles. The molecule has 170 valence electrons. The Bertz CT molecular complexity index is 1030. The van der Waals surface area contributed by atoms with E-state index >= 15 is 0 Å². The summed E-state index contributed by atoms with van der Waals surface area (Å²) >= 11 is 1.31. The van der Waals surface area contributed by atoms with E-state index in [4.69, 9.17) is 9.47 Å². The molecule has 2 saturated heterocycles. The molecule has 0 bridgehead atoms. The van der Waals surface area contributed by atoms with E-state index in [1.165, 1.54) is 11.5 Å². The molecule has 0 saturated carbocycles. The zero-order chi connectivity index (χ0) is 22.6. The van der Waals surface area contributed by atoms with Crippen LogP contribution in [0.25, 0.3) is 22.0 Å². The number of hydrogen-bond acceptors (Lipinski definition) is 7. The van der Waals surface area contributed by atoms with Gasteiger partial charge in [0, 0.05) is 48.4 Å². The van der Waals surface area contributed by atoms with Gasteiger partial charge in [-0.05, 0) is 35.8 Å². The number of amides is 2. The minimum atomic E-state index is 0.0171. The smallest absolute Gasteiger partial charge is 0.254 e. The lowest BCUT2D eigenvalue weighted by molar-refractivity contribution is 0.0301. The van der Waals surface area contributed by atoms with E-state index in [1.807, 2.05) is 58.3 Å². The van der Waals surface area contributed by atoms with Gasteiger partial charge in [-0.2, -0.15) is 4.37 Å². The molecule has 0 aliphatic carbocycles. The highest BCUT2D eigenvalue weighted by molar-refractivity contribution is 7.09. The Balaban J connectivity index is 1.27. The molecule has 0 unspecified atom stereocenters. The SMILES string of the molecule is O=C(c1ccc(-c2nsc(-c3ccc(C(=O)N4CCOCC4)cc3)n2)cc1)N1CCOCC1. The van der Waals surface area contributed by atoms with Crippen LogP contribution in [-0.2, 0) is 9.47 Å². The maximum atomic E-state index is 12.6. The summed E-state index contributed by atoms with van der Waals surface area (Å²) in [5, 5.41) is 0.781. The molecule has 2 amide bonds. The quantitative estimate of drug-likeness (QED) is 0.590. The van der Waals surface area contributed by atoms with Gasteiger partial charge in [0.05, 0.1) is 26.4 Å². The molecule has 2 aliphatic heterocycles. The standard InChI is InChI=1S/C24H24N4O4S/c29-23(27-9-13-31-14-10-27)19-5-1-17(2-6-19)21-25-22(33-26-21)18-3-7-20(8-4-18)24(30)28-11-15-32-16-12-28/h1-8H,9-16H2. The van der Waals surface area contributed by atoms with Crippen molar-refractivity contribution in [1.29, 1.82) is 0 Å². The molecular weight excluding hydrogens is 440 g/mol. The zero-order valence-electron chi connectivity index (χ0n) is 18.1. The molecule has 8 nitrogen and oxygen atoms in total. The highest BCUT2D eigenvalue weighted by atomic mass is 32.1. The Labute approximate surface area is 195 Å². The van der Waals surface area contributed by atoms with Gasteiger partial charge in [0.1, 0.15) is 5.01 Å². The van der Waals surface area contributed by atoms with Crippen molar-refractivity contribution in [3.63, 3.8) is 0 Å². The van der Waals surface area contributed by atoms with Gasteiger partial charge in [0.25, 0.3) is 11.8 Å². The van der Waals surface area contributed by atoms with Gasteiger partial charge in [-0.15, -0.1) is 0 Å². The highest BCUT2D eigenvalue weighted by Gasteiger charge is 2.20. The van der Waals surface area contributed by atoms with Gasteiger partial charge in [0.2, 0.25) is 0 Å². The minimum Gasteiger partial charge on any atom is -0.378 e. The normalized spacial score (nSPS) is 16.6. The van der Waals surface area contributed by atoms with Crippen molar-refractivity contribution in [1.82, 2.24) is 19.2 Å². The maximum absolute atomic E-state index is 12.6. The van der Waals surface area contributed by atoms with Gasteiger partial charge < -0.3 is 19.3 Å². The first-order valence-electron chi connectivity index (χ1n) is 11.0. The zero-order valence-corrected chi connectivity index (χ0v) is 18.9. The Hall–Kier alpha value is -3.14. The highest BCUT2D eigenvalue weighted by Crippen LogP contribution is 2.27. The average Bonchev–Trinajstić information content (AvgIpc) is 3.39. The second kappa shape index (κ2) is 9.78. The number of hydrogen-bond donors (Lipinski definition) is 0. The molecule has 33 heavy (non-hydrogen) atoms. The van der Waals surface area contributed by atoms with Crippen LogP contribution in [0.1, 0.15) is 20.7 Å². The molecule has 2 fully saturated rings. The Morgan fingerprint density at radius 1 is 0.697 bits per heavy atom. The third-order valence-electron chi connectivity index (χ3n) is 5.79. The van der Waals surface area contributed by atoms with Crippen LogP contribution >= 0.6 is 11.5 Å². The van der Waals surface area contributed by atoms with E-state index < -0.39 is 0 Å². The molecule has 9 heteroatoms. The van der Waals surface area contributed by atoms with Crippen LogP contribution in [0.4, 0.5) is 0 Å². The van der Waals surface area contributed by atoms with Crippen molar-refractivity contribution in [2.45, 2.75) is 0 Å². The van der Waals surface area contributed by atoms with Crippen LogP contribution < -0.4 is 0 Å². The number of carbonyl (C=O) groups excluding carboxylic acids is 2. The molecule has 1 aromatic heterocycles. The Morgan fingerprint density at radius 3 is 1.64 bits per heavy atom. The van der Waals surface area contributed by atoms with Crippen LogP contribution in [0.15, 0.2) is 48.5 Å². The molecule has 0 N–H and O–H groups in total. The molecular formula is C24H24N4O4S. The number of benzene rings is 2. The third kappa shape index (κ3) is 4.80. The first kappa shape index (κ1) is 21.7. The predicted octanol–water partition coefficient (Wildman–Crippen LogP) is 2.82. The number of nitrogens with zero attached hydrogens (tertiary/aromatic N) is 4. The fraction of sp³-hybridized carbons (Fsp3) is 0.333. The van der Waals surface area contributed by atoms with Crippen molar-refractivity contribution in [2.24, 2.45) is 0 Å². The molecule has 0 spiro atoms. The van der Waals surface area contributed by atoms with Crippen LogP contribution in [-0.4, -0.2) is 83.6 Å². The van der Waals surface area contributed by atoms with Gasteiger partial charge in [0.15, 0.2) is 5.82 Å². The first-order valence-corrected chi connectivity index (χ1v) is 11.7. The summed E-state index contributed by atoms with van der Waals surface area (Å²) in [4.78, 5) is 33.5. The van der Waals surface area contributed by atoms with Crippen molar-refractivity contribution in [3.8, 4) is 22.0 Å². The second-order valence-electron chi connectivity index (χ2n) is 7.89. The van der Waals surface area contributed by atoms with Crippen LogP contribution in [0, 0.1) is 0 Å². The van der Waals surface area contributed by atoms with E-state index in [1.54, 1.807) is 0 Å². The topological polar surface area (TPSA) is 84.9 Å². The first-order chi connectivity index (χ1) is 16.2. The van der Waals surface area contributed by atoms with Crippen molar-refractivity contribution in [3.05, 3.63) is 59.7 Å². The number of morpholine rings is 2. The van der Waals surface area contributed by atoms with E-state index in [0.29, 0.717) is 69.6 Å². The largest absolute Gasteiger partial charge is 0.378 e. The van der Waals surface area contributed by atoms with Crippen molar-refractivity contribution in [2.75, 3.05) is 52.6 Å². The van der Waals surface area contributed by atoms with E-state index in [-0.39, 0.29) is 11.8 Å². The lowest BCUT2D eigenvalue weighted by Crippen LogP contribution is -2.40. The van der Waals surface area contributed by atoms with E-state index in [0.717, 1.165) is 16.1 Å². The second-order valence-corrected chi connectivity index (χ2v) is 8.64. The average molecular weight is 465 g/mol. The maximum Gasteiger partial charge on any atom is 0.254 e. The van der Waals surface area contributed by atoms with Crippen molar-refractivity contribution >= 4 is 23.3 Å². The van der Waals surface area contributed by atoms with Crippen LogP contribution in [0.2, 0.25) is 0 Å². The predicted molar refractivity (Wildman–Crippen MR) is 124 cm³/mol. The lowest BCUT2D eigenvalue weighted by atomic mass is 10.1. The lowest BCUT2D eigenvalue weighted by Gasteiger charge is -2.26. The molecule has 2 aliphatic rings. The summed E-state index contributed by atoms with van der Waals surface area (Å²) in [6.07, 6.45) is 0. The van der Waals surface area contributed by atoms with Gasteiger partial charge in [-0.3, -0.25) is 9.59 Å². The molecule has 3 aromatic rings. The summed E-state index contributed by atoms with van der Waals surface area (Å²) in [6, 6.07) is 14.9. The summed E-state index contributed by atoms with van der Waals surface area (Å²) in [5.74, 6) is 0.659. The van der Waals surface area contributed by atoms with Crippen LogP contribution in [0.5, 0.6) is 0 Å². The molecule has 5 rings (SSSR count). The van der Waals surface area contributed by atoms with Gasteiger partial charge in [-0.25, -0.2) is 4.98 Å². The Kier molecular flexibility index (Phi) is 6.43. The van der Waals surface area contributed by atoms with Gasteiger partial charge in [-0.1, -0.05) is 24.3 Å². The minimum absolute atomic E-state index is 0.0171. The Morgan fingerprint density at radius 2 is 1.15 bits per heavy atom. The number of ether oxygens (including phenoxy) is 2. The van der Waals surface area contributed by atoms with E-state index in [9.17, 15) is 9.59 Å². The fourth-order valence-corrected chi connectivity index (χ4v) is 4.56. The van der Waals surface area contributed by atoms with Gasteiger partial charge >= 0.3 is 0 Å². The molecule has 0 atom stereocenters. The summed E-state index contributed by atoms with van der Waals surface area (Å²) in [7, 11) is 0. The number of carbonyl (C=O) groups is 2. The summed E-state index contributed by atoms with van der Waals surface area (Å²) in [6.45, 7) is 4.81. The number of rotatable bonds is 4. The summed E-state index contributed by atoms with van der Waals surface area (Å²) < 4.78 is 15.1. The van der Waals surface area contributed by atoms with Crippen LogP contribution in [0.3, 0.4) is 0 Å². The molecule has 0 radical (unpaired) electrons. The molecule has 3 heterocycles. The third-order valence-corrected chi connectivity index (χ3v) is 6.56. The summed E-state index contributed by atoms with van der Waals surface area (Å²) in [5.41, 5.74) is 3.08. The number of aromatic nitrogens is 2.